The lowest BCUT2D eigenvalue weighted by atomic mass is 10.0. The number of nitrogens with two attached hydrogens (primary N) is 2. The molecule has 21 heavy (non-hydrogen) atoms. The zero-order valence-corrected chi connectivity index (χ0v) is 11.3. The number of rotatable bonds is 1. The van der Waals surface area contributed by atoms with Crippen LogP contribution in [0.25, 0.3) is 10.9 Å². The highest BCUT2D eigenvalue weighted by atomic mass is 16.3. The van der Waals surface area contributed by atoms with E-state index in [1.54, 1.807) is 18.5 Å². The molecule has 1 aliphatic rings. The molecule has 0 spiro atoms. The molecule has 2 aromatic heterocycles. The van der Waals surface area contributed by atoms with Crippen LogP contribution in [0.15, 0.2) is 40.1 Å². The smallest absolute Gasteiger partial charge is 0.211 e. The van der Waals surface area contributed by atoms with Crippen molar-refractivity contribution in [3.8, 4) is 0 Å². The quantitative estimate of drug-likeness (QED) is 0.537. The summed E-state index contributed by atoms with van der Waals surface area (Å²) in [5, 5.41) is 11.2. The summed E-state index contributed by atoms with van der Waals surface area (Å²) in [6.07, 6.45) is 3.34. The van der Waals surface area contributed by atoms with Crippen LogP contribution in [-0.2, 0) is 5.79 Å². The first-order valence-corrected chi connectivity index (χ1v) is 6.51. The van der Waals surface area contributed by atoms with Crippen molar-refractivity contribution in [2.75, 3.05) is 5.32 Å². The fraction of sp³-hybridized carbons (Fsp3) is 0.143. The SMILES string of the molecule is Cc1cc(C2(N)N=C(N)c3occc3N2)cc2[nH]ncc12. The molecular weight excluding hydrogens is 268 g/mol. The molecule has 0 bridgehead atoms. The van der Waals surface area contributed by atoms with Gasteiger partial charge in [0.25, 0.3) is 0 Å². The minimum atomic E-state index is -1.13. The molecule has 1 aliphatic heterocycles. The van der Waals surface area contributed by atoms with Crippen LogP contribution in [0, 0.1) is 6.92 Å². The topological polar surface area (TPSA) is 118 Å². The number of H-pyrrole nitrogens is 1. The third kappa shape index (κ3) is 1.64. The van der Waals surface area contributed by atoms with Crippen molar-refractivity contribution in [2.24, 2.45) is 16.5 Å². The van der Waals surface area contributed by atoms with Crippen LogP contribution in [0.4, 0.5) is 5.69 Å². The van der Waals surface area contributed by atoms with Gasteiger partial charge in [0.1, 0.15) is 0 Å². The van der Waals surface area contributed by atoms with Crippen LogP contribution in [-0.4, -0.2) is 16.0 Å². The van der Waals surface area contributed by atoms with E-state index in [0.717, 1.165) is 27.7 Å². The molecule has 0 saturated carbocycles. The number of aromatic amines is 1. The number of amidine groups is 1. The highest BCUT2D eigenvalue weighted by molar-refractivity contribution is 6.01. The second-order valence-corrected chi connectivity index (χ2v) is 5.18. The second kappa shape index (κ2) is 3.86. The first-order chi connectivity index (χ1) is 10.1. The number of furan rings is 1. The van der Waals surface area contributed by atoms with Gasteiger partial charge in [-0.1, -0.05) is 0 Å². The van der Waals surface area contributed by atoms with E-state index in [1.165, 1.54) is 0 Å². The molecule has 0 saturated heterocycles. The number of hydrogen-bond acceptors (Lipinski definition) is 6. The number of benzene rings is 1. The molecule has 6 N–H and O–H groups in total. The Bertz CT molecular complexity index is 877. The molecule has 1 unspecified atom stereocenters. The number of nitrogens with zero attached hydrogens (tertiary/aromatic N) is 2. The molecule has 106 valence electrons. The predicted octanol–water partition coefficient (Wildman–Crippen LogP) is 1.36. The van der Waals surface area contributed by atoms with Crippen molar-refractivity contribution < 1.29 is 4.42 Å². The lowest BCUT2D eigenvalue weighted by molar-refractivity contribution is 0.511. The predicted molar refractivity (Wildman–Crippen MR) is 79.8 cm³/mol. The van der Waals surface area contributed by atoms with Gasteiger partial charge < -0.3 is 15.5 Å². The minimum absolute atomic E-state index is 0.276. The second-order valence-electron chi connectivity index (χ2n) is 5.18. The van der Waals surface area contributed by atoms with E-state index in [1.807, 2.05) is 19.1 Å². The van der Waals surface area contributed by atoms with E-state index >= 15 is 0 Å². The van der Waals surface area contributed by atoms with Gasteiger partial charge >= 0.3 is 0 Å². The summed E-state index contributed by atoms with van der Waals surface area (Å²) >= 11 is 0. The van der Waals surface area contributed by atoms with Crippen LogP contribution in [0.2, 0.25) is 0 Å². The van der Waals surface area contributed by atoms with E-state index in [-0.39, 0.29) is 5.84 Å². The number of aromatic nitrogens is 2. The van der Waals surface area contributed by atoms with Gasteiger partial charge in [0.2, 0.25) is 5.79 Å². The lowest BCUT2D eigenvalue weighted by Gasteiger charge is -2.31. The molecule has 0 aliphatic carbocycles. The number of fused-ring (bicyclic) bond motifs is 2. The van der Waals surface area contributed by atoms with Gasteiger partial charge in [0.05, 0.1) is 23.7 Å². The standard InChI is InChI=1S/C14H14N6O/c1-7-4-8(5-11-9(7)6-17-20-11)14(16)18-10-2-3-21-12(10)13(15)19-14/h2-6,18H,16H2,1H3,(H2,15,19)(H,17,20). The number of aryl methyl sites for hydroxylation is 1. The van der Waals surface area contributed by atoms with Crippen LogP contribution in [0.5, 0.6) is 0 Å². The maximum absolute atomic E-state index is 6.42. The molecule has 0 radical (unpaired) electrons. The van der Waals surface area contributed by atoms with Crippen molar-refractivity contribution >= 4 is 22.4 Å². The van der Waals surface area contributed by atoms with Crippen LogP contribution in [0.1, 0.15) is 16.9 Å². The van der Waals surface area contributed by atoms with Crippen LogP contribution < -0.4 is 16.8 Å². The molecule has 7 nitrogen and oxygen atoms in total. The average molecular weight is 282 g/mol. The summed E-state index contributed by atoms with van der Waals surface area (Å²) < 4.78 is 5.29. The molecule has 0 fully saturated rings. The maximum atomic E-state index is 6.42. The summed E-state index contributed by atoms with van der Waals surface area (Å²) in [5.41, 5.74) is 15.9. The minimum Gasteiger partial charge on any atom is -0.459 e. The Morgan fingerprint density at radius 1 is 1.33 bits per heavy atom. The van der Waals surface area contributed by atoms with E-state index in [0.29, 0.717) is 5.76 Å². The van der Waals surface area contributed by atoms with Crippen molar-refractivity contribution in [1.82, 2.24) is 10.2 Å². The molecule has 1 atom stereocenters. The average Bonchev–Trinajstić information content (AvgIpc) is 3.06. The highest BCUT2D eigenvalue weighted by Gasteiger charge is 2.34. The first-order valence-electron chi connectivity index (χ1n) is 6.51. The molecule has 0 amide bonds. The van der Waals surface area contributed by atoms with Crippen molar-refractivity contribution in [2.45, 2.75) is 12.7 Å². The van der Waals surface area contributed by atoms with Gasteiger partial charge in [-0.05, 0) is 24.6 Å². The van der Waals surface area contributed by atoms with Gasteiger partial charge in [-0.2, -0.15) is 5.10 Å². The molecule has 3 aromatic rings. The number of hydrogen-bond donors (Lipinski definition) is 4. The van der Waals surface area contributed by atoms with Gasteiger partial charge in [-0.25, -0.2) is 4.99 Å². The Morgan fingerprint density at radius 3 is 3.05 bits per heavy atom. The lowest BCUT2D eigenvalue weighted by Crippen LogP contribution is -2.47. The van der Waals surface area contributed by atoms with E-state index in [2.05, 4.69) is 20.5 Å². The molecule has 1 aromatic carbocycles. The first kappa shape index (κ1) is 12.0. The van der Waals surface area contributed by atoms with E-state index < -0.39 is 5.79 Å². The van der Waals surface area contributed by atoms with Crippen molar-refractivity contribution in [3.63, 3.8) is 0 Å². The molecule has 4 rings (SSSR count). The Kier molecular flexibility index (Phi) is 2.20. The van der Waals surface area contributed by atoms with E-state index in [4.69, 9.17) is 15.9 Å². The maximum Gasteiger partial charge on any atom is 0.211 e. The monoisotopic (exact) mass is 282 g/mol. The summed E-state index contributed by atoms with van der Waals surface area (Å²) in [7, 11) is 0. The van der Waals surface area contributed by atoms with Gasteiger partial charge in [0.15, 0.2) is 11.6 Å². The molecular formula is C14H14N6O. The third-order valence-electron chi connectivity index (χ3n) is 3.73. The summed E-state index contributed by atoms with van der Waals surface area (Å²) in [6, 6.07) is 5.68. The van der Waals surface area contributed by atoms with Crippen molar-refractivity contribution in [3.05, 3.63) is 47.5 Å². The zero-order valence-electron chi connectivity index (χ0n) is 11.3. The third-order valence-corrected chi connectivity index (χ3v) is 3.73. The Morgan fingerprint density at radius 2 is 2.19 bits per heavy atom. The van der Waals surface area contributed by atoms with Crippen LogP contribution in [0.3, 0.4) is 0 Å². The summed E-state index contributed by atoms with van der Waals surface area (Å²) in [6.45, 7) is 2.00. The Labute approximate surface area is 120 Å². The van der Waals surface area contributed by atoms with Crippen LogP contribution >= 0.6 is 0 Å². The Hall–Kier alpha value is -2.80. The van der Waals surface area contributed by atoms with Gasteiger partial charge in [0, 0.05) is 17.0 Å². The number of nitrogens with one attached hydrogen (secondary N) is 2. The molecule has 3 heterocycles. The highest BCUT2D eigenvalue weighted by Crippen LogP contribution is 2.32. The van der Waals surface area contributed by atoms with Gasteiger partial charge in [-0.15, -0.1) is 0 Å². The summed E-state index contributed by atoms with van der Waals surface area (Å²) in [4.78, 5) is 4.36. The molecule has 7 heteroatoms. The van der Waals surface area contributed by atoms with E-state index in [9.17, 15) is 0 Å². The Balaban J connectivity index is 1.90. The fourth-order valence-corrected chi connectivity index (χ4v) is 2.67. The normalized spacial score (nSPS) is 21.0. The number of anilines is 1. The fourth-order valence-electron chi connectivity index (χ4n) is 2.67. The summed E-state index contributed by atoms with van der Waals surface area (Å²) in [5.74, 6) is -0.348. The van der Waals surface area contributed by atoms with Crippen molar-refractivity contribution in [1.29, 1.82) is 0 Å². The zero-order chi connectivity index (χ0) is 14.6. The number of aliphatic imine (C=N–C) groups is 1. The van der Waals surface area contributed by atoms with Gasteiger partial charge in [-0.3, -0.25) is 10.8 Å². The largest absolute Gasteiger partial charge is 0.459 e.